The molecular weight excluding hydrogens is 208 g/mol. The molecule has 0 bridgehead atoms. The van der Waals surface area contributed by atoms with Gasteiger partial charge in [-0.05, 0) is 5.92 Å². The summed E-state index contributed by atoms with van der Waals surface area (Å²) < 4.78 is 4.90. The van der Waals surface area contributed by atoms with Crippen LogP contribution in [0.25, 0.3) is 0 Å². The fourth-order valence-corrected chi connectivity index (χ4v) is 0.848. The number of carbonyl (C=O) groups is 2. The van der Waals surface area contributed by atoms with Gasteiger partial charge in [0.05, 0.1) is 6.61 Å². The van der Waals surface area contributed by atoms with E-state index in [1.165, 1.54) is 0 Å². The van der Waals surface area contributed by atoms with Gasteiger partial charge in [0.25, 0.3) is 0 Å². The van der Waals surface area contributed by atoms with Crippen LogP contribution in [0.2, 0.25) is 0 Å². The lowest BCUT2D eigenvalue weighted by atomic mass is 10.2. The third-order valence-electron chi connectivity index (χ3n) is 1.77. The van der Waals surface area contributed by atoms with Gasteiger partial charge >= 0.3 is 6.09 Å². The topological polar surface area (TPSA) is 67.4 Å². The average Bonchev–Trinajstić information content (AvgIpc) is 2.20. The van der Waals surface area contributed by atoms with Crippen LogP contribution in [0, 0.1) is 11.8 Å². The van der Waals surface area contributed by atoms with E-state index in [0.717, 1.165) is 0 Å². The molecule has 0 radical (unpaired) electrons. The van der Waals surface area contributed by atoms with Crippen LogP contribution in [0.4, 0.5) is 4.79 Å². The van der Waals surface area contributed by atoms with Crippen molar-refractivity contribution < 1.29 is 14.3 Å². The second kappa shape index (κ2) is 7.96. The van der Waals surface area contributed by atoms with Gasteiger partial charge in [-0.2, -0.15) is 0 Å². The van der Waals surface area contributed by atoms with Gasteiger partial charge < -0.3 is 15.4 Å². The molecule has 94 valence electrons. The van der Waals surface area contributed by atoms with Crippen molar-refractivity contribution in [2.75, 3.05) is 19.7 Å². The number of nitrogens with one attached hydrogen (secondary N) is 2. The summed E-state index contributed by atoms with van der Waals surface area (Å²) in [4.78, 5) is 22.2. The van der Waals surface area contributed by atoms with Crippen molar-refractivity contribution >= 4 is 12.0 Å². The van der Waals surface area contributed by atoms with Crippen LogP contribution in [0.3, 0.4) is 0 Å². The summed E-state index contributed by atoms with van der Waals surface area (Å²) in [6.07, 6.45) is -0.438. The van der Waals surface area contributed by atoms with E-state index in [0.29, 0.717) is 25.6 Å². The third-order valence-corrected chi connectivity index (χ3v) is 1.77. The maximum absolute atomic E-state index is 11.1. The number of ether oxygens (including phenoxy) is 1. The highest BCUT2D eigenvalue weighted by Gasteiger charge is 2.06. The van der Waals surface area contributed by atoms with Gasteiger partial charge in [0.1, 0.15) is 0 Å². The Morgan fingerprint density at radius 2 is 1.62 bits per heavy atom. The average molecular weight is 230 g/mol. The van der Waals surface area contributed by atoms with Crippen molar-refractivity contribution in [3.63, 3.8) is 0 Å². The Labute approximate surface area is 96.9 Å². The highest BCUT2D eigenvalue weighted by atomic mass is 16.5. The molecule has 0 unspecified atom stereocenters. The van der Waals surface area contributed by atoms with Crippen LogP contribution in [0.5, 0.6) is 0 Å². The van der Waals surface area contributed by atoms with Gasteiger partial charge in [-0.25, -0.2) is 4.79 Å². The van der Waals surface area contributed by atoms with Crippen LogP contribution in [0.1, 0.15) is 27.7 Å². The van der Waals surface area contributed by atoms with E-state index in [1.54, 1.807) is 0 Å². The molecular formula is C11H22N2O3. The minimum absolute atomic E-state index is 0.0163. The van der Waals surface area contributed by atoms with Gasteiger partial charge in [-0.15, -0.1) is 0 Å². The van der Waals surface area contributed by atoms with Gasteiger partial charge in [-0.1, -0.05) is 27.7 Å². The number of carbonyl (C=O) groups excluding carboxylic acids is 2. The summed E-state index contributed by atoms with van der Waals surface area (Å²) in [6.45, 7) is 8.79. The molecule has 0 aromatic heterocycles. The Morgan fingerprint density at radius 1 is 1.06 bits per heavy atom. The van der Waals surface area contributed by atoms with Crippen molar-refractivity contribution in [1.29, 1.82) is 0 Å². The molecule has 0 aromatic carbocycles. The van der Waals surface area contributed by atoms with Crippen molar-refractivity contribution in [2.24, 2.45) is 11.8 Å². The summed E-state index contributed by atoms with van der Waals surface area (Å²) in [5.74, 6) is 0.275. The molecule has 0 aromatic rings. The fourth-order valence-electron chi connectivity index (χ4n) is 0.848. The summed E-state index contributed by atoms with van der Waals surface area (Å²) in [6, 6.07) is 0. The Kier molecular flexibility index (Phi) is 7.33. The van der Waals surface area contributed by atoms with Gasteiger partial charge in [0, 0.05) is 19.0 Å². The molecule has 0 aliphatic heterocycles. The number of alkyl carbamates (subject to hydrolysis) is 1. The van der Waals surface area contributed by atoms with E-state index in [9.17, 15) is 9.59 Å². The first-order valence-corrected chi connectivity index (χ1v) is 5.61. The Hall–Kier alpha value is -1.26. The molecule has 0 rings (SSSR count). The molecule has 0 saturated heterocycles. The largest absolute Gasteiger partial charge is 0.449 e. The summed E-state index contributed by atoms with van der Waals surface area (Å²) in [7, 11) is 0. The van der Waals surface area contributed by atoms with Crippen molar-refractivity contribution in [3.05, 3.63) is 0 Å². The second-order valence-electron chi connectivity index (χ2n) is 4.36. The maximum atomic E-state index is 11.1. The van der Waals surface area contributed by atoms with Crippen molar-refractivity contribution in [2.45, 2.75) is 27.7 Å². The normalized spacial score (nSPS) is 10.4. The Bertz CT molecular complexity index is 227. The zero-order valence-electron chi connectivity index (χ0n) is 10.5. The second-order valence-corrected chi connectivity index (χ2v) is 4.36. The Morgan fingerprint density at radius 3 is 2.12 bits per heavy atom. The molecule has 2 amide bonds. The molecule has 5 nitrogen and oxygen atoms in total. The SMILES string of the molecule is CC(C)COC(=O)NCCNC(=O)C(C)C. The van der Waals surface area contributed by atoms with Gasteiger partial charge in [-0.3, -0.25) is 4.79 Å². The van der Waals surface area contributed by atoms with E-state index in [2.05, 4.69) is 10.6 Å². The smallest absolute Gasteiger partial charge is 0.407 e. The van der Waals surface area contributed by atoms with Crippen molar-refractivity contribution in [1.82, 2.24) is 10.6 Å². The standard InChI is InChI=1S/C11H22N2O3/c1-8(2)7-16-11(15)13-6-5-12-10(14)9(3)4/h8-9H,5-7H2,1-4H3,(H,12,14)(H,13,15). The molecule has 0 heterocycles. The molecule has 16 heavy (non-hydrogen) atoms. The minimum atomic E-state index is -0.438. The highest BCUT2D eigenvalue weighted by Crippen LogP contribution is 1.92. The molecule has 0 atom stereocenters. The lowest BCUT2D eigenvalue weighted by Crippen LogP contribution is -2.36. The Balaban J connectivity index is 3.45. The van der Waals surface area contributed by atoms with E-state index in [1.807, 2.05) is 27.7 Å². The van der Waals surface area contributed by atoms with E-state index >= 15 is 0 Å². The quantitative estimate of drug-likeness (QED) is 0.672. The fraction of sp³-hybridized carbons (Fsp3) is 0.818. The lowest BCUT2D eigenvalue weighted by Gasteiger charge is -2.10. The van der Waals surface area contributed by atoms with E-state index in [-0.39, 0.29) is 11.8 Å². The van der Waals surface area contributed by atoms with E-state index < -0.39 is 6.09 Å². The molecule has 0 aliphatic rings. The molecule has 0 spiro atoms. The maximum Gasteiger partial charge on any atom is 0.407 e. The minimum Gasteiger partial charge on any atom is -0.449 e. The van der Waals surface area contributed by atoms with Crippen LogP contribution < -0.4 is 10.6 Å². The lowest BCUT2D eigenvalue weighted by molar-refractivity contribution is -0.123. The number of rotatable bonds is 6. The van der Waals surface area contributed by atoms with Crippen LogP contribution >= 0.6 is 0 Å². The first-order chi connectivity index (χ1) is 7.43. The van der Waals surface area contributed by atoms with Crippen LogP contribution in [-0.4, -0.2) is 31.7 Å². The van der Waals surface area contributed by atoms with Crippen LogP contribution in [-0.2, 0) is 9.53 Å². The van der Waals surface area contributed by atoms with E-state index in [4.69, 9.17) is 4.74 Å². The predicted molar refractivity (Wildman–Crippen MR) is 62.0 cm³/mol. The summed E-state index contributed by atoms with van der Waals surface area (Å²) in [5, 5.41) is 5.25. The van der Waals surface area contributed by atoms with Gasteiger partial charge in [0.15, 0.2) is 0 Å². The molecule has 2 N–H and O–H groups in total. The molecule has 0 saturated carbocycles. The zero-order chi connectivity index (χ0) is 12.6. The number of hydrogen-bond donors (Lipinski definition) is 2. The first kappa shape index (κ1) is 14.7. The zero-order valence-corrected chi connectivity index (χ0v) is 10.5. The predicted octanol–water partition coefficient (Wildman–Crippen LogP) is 1.14. The summed E-state index contributed by atoms with van der Waals surface area (Å²) >= 11 is 0. The van der Waals surface area contributed by atoms with Crippen LogP contribution in [0.15, 0.2) is 0 Å². The highest BCUT2D eigenvalue weighted by molar-refractivity contribution is 5.77. The third kappa shape index (κ3) is 8.08. The number of hydrogen-bond acceptors (Lipinski definition) is 3. The van der Waals surface area contributed by atoms with Gasteiger partial charge in [0.2, 0.25) is 5.91 Å². The van der Waals surface area contributed by atoms with Crippen molar-refractivity contribution in [3.8, 4) is 0 Å². The monoisotopic (exact) mass is 230 g/mol. The molecule has 5 heteroatoms. The number of amides is 2. The summed E-state index contributed by atoms with van der Waals surface area (Å²) in [5.41, 5.74) is 0. The molecule has 0 aliphatic carbocycles. The molecule has 0 fully saturated rings. The first-order valence-electron chi connectivity index (χ1n) is 5.61.